The predicted molar refractivity (Wildman–Crippen MR) is 53.1 cm³/mol. The van der Waals surface area contributed by atoms with E-state index in [9.17, 15) is 69.9 Å². The van der Waals surface area contributed by atoms with Gasteiger partial charge in [0, 0.05) is 0 Å². The Morgan fingerprint density at radius 2 is 0.926 bits per heavy atom. The maximum atomic E-state index is 13.0. The van der Waals surface area contributed by atoms with Crippen LogP contribution in [0.4, 0.5) is 61.5 Å². The first kappa shape index (κ1) is 26.2. The SMILES string of the molecule is O=S(=O)(O)C(F)(F)C(F)(F)C(F)(F)C(F)(F)C(F)(F)C(F)(F)OC(F)(F)Cl. The van der Waals surface area contributed by atoms with E-state index in [0.717, 1.165) is 0 Å². The molecule has 0 saturated heterocycles. The lowest BCUT2D eigenvalue weighted by Crippen LogP contribution is -2.72. The third-order valence-electron chi connectivity index (χ3n) is 2.48. The summed E-state index contributed by atoms with van der Waals surface area (Å²) in [5.74, 6) is -33.1. The van der Waals surface area contributed by atoms with Crippen molar-refractivity contribution in [2.75, 3.05) is 0 Å². The molecule has 27 heavy (non-hydrogen) atoms. The smallest absolute Gasteiger partial charge is 0.281 e. The van der Waals surface area contributed by atoms with Crippen molar-refractivity contribution in [3.05, 3.63) is 0 Å². The van der Waals surface area contributed by atoms with Gasteiger partial charge in [-0.3, -0.25) is 4.55 Å². The van der Waals surface area contributed by atoms with Crippen LogP contribution in [0.3, 0.4) is 0 Å². The van der Waals surface area contributed by atoms with Crippen LogP contribution in [-0.2, 0) is 14.9 Å². The lowest BCUT2D eigenvalue weighted by molar-refractivity contribution is -0.475. The van der Waals surface area contributed by atoms with E-state index >= 15 is 0 Å². The van der Waals surface area contributed by atoms with E-state index in [-0.39, 0.29) is 0 Å². The van der Waals surface area contributed by atoms with E-state index in [4.69, 9.17) is 4.55 Å². The van der Waals surface area contributed by atoms with Crippen LogP contribution in [-0.4, -0.2) is 53.6 Å². The minimum atomic E-state index is -8.41. The van der Waals surface area contributed by atoms with Crippen LogP contribution in [0.2, 0.25) is 0 Å². The molecule has 164 valence electrons. The highest BCUT2D eigenvalue weighted by Crippen LogP contribution is 2.61. The predicted octanol–water partition coefficient (Wildman–Crippen LogP) is 4.41. The molecule has 0 rings (SSSR count). The number of halogens is 15. The second-order valence-electron chi connectivity index (χ2n) is 4.35. The van der Waals surface area contributed by atoms with Gasteiger partial charge in [-0.1, -0.05) is 0 Å². The zero-order valence-electron chi connectivity index (χ0n) is 11.2. The van der Waals surface area contributed by atoms with E-state index in [1.165, 1.54) is 0 Å². The molecule has 0 aliphatic carbocycles. The van der Waals surface area contributed by atoms with Gasteiger partial charge in [0.1, 0.15) is 0 Å². The van der Waals surface area contributed by atoms with E-state index in [1.54, 1.807) is 4.74 Å². The summed E-state index contributed by atoms with van der Waals surface area (Å²) in [6.45, 7) is 0. The second kappa shape index (κ2) is 6.34. The Morgan fingerprint density at radius 3 is 1.19 bits per heavy atom. The number of rotatable bonds is 8. The first-order valence-electron chi connectivity index (χ1n) is 5.21. The van der Waals surface area contributed by atoms with Gasteiger partial charge in [0.05, 0.1) is 0 Å². The second-order valence-corrected chi connectivity index (χ2v) is 6.26. The van der Waals surface area contributed by atoms with Crippen LogP contribution in [0.1, 0.15) is 0 Å². The fourth-order valence-electron chi connectivity index (χ4n) is 1.13. The topological polar surface area (TPSA) is 63.6 Å². The highest BCUT2D eigenvalue weighted by molar-refractivity contribution is 7.87. The Bertz CT molecular complexity index is 667. The van der Waals surface area contributed by atoms with Gasteiger partial charge in [0.15, 0.2) is 0 Å². The van der Waals surface area contributed by atoms with Crippen molar-refractivity contribution in [1.82, 2.24) is 0 Å². The molecule has 0 radical (unpaired) electrons. The van der Waals surface area contributed by atoms with Crippen molar-refractivity contribution in [2.24, 2.45) is 0 Å². The lowest BCUT2D eigenvalue weighted by atomic mass is 9.98. The molecular formula is C7HClF14O4S. The van der Waals surface area contributed by atoms with Gasteiger partial charge < -0.3 is 0 Å². The van der Waals surface area contributed by atoms with Gasteiger partial charge in [-0.2, -0.15) is 69.9 Å². The monoisotopic (exact) mass is 482 g/mol. The summed E-state index contributed by atoms with van der Waals surface area (Å²) in [7, 11) is -7.71. The molecule has 0 unspecified atom stereocenters. The normalized spacial score (nSPS) is 16.6. The van der Waals surface area contributed by atoms with Gasteiger partial charge in [0.25, 0.3) is 0 Å². The molecule has 0 spiro atoms. The maximum absolute atomic E-state index is 13.0. The van der Waals surface area contributed by atoms with Crippen LogP contribution in [0.15, 0.2) is 0 Å². The summed E-state index contributed by atoms with van der Waals surface area (Å²) in [6.07, 6.45) is -7.49. The number of hydrogen-bond donors (Lipinski definition) is 1. The molecule has 20 heteroatoms. The molecular weight excluding hydrogens is 482 g/mol. The van der Waals surface area contributed by atoms with Gasteiger partial charge in [-0.05, 0) is 11.6 Å². The van der Waals surface area contributed by atoms with Crippen molar-refractivity contribution in [2.45, 2.75) is 40.6 Å². The third kappa shape index (κ3) is 3.86. The molecule has 0 fully saturated rings. The van der Waals surface area contributed by atoms with Crippen LogP contribution in [0, 0.1) is 0 Å². The molecule has 0 amide bonds. The molecule has 1 N–H and O–H groups in total. The zero-order chi connectivity index (χ0) is 22.7. The quantitative estimate of drug-likeness (QED) is 0.316. The fraction of sp³-hybridized carbons (Fsp3) is 1.00. The summed E-state index contributed by atoms with van der Waals surface area (Å²) in [5, 5.41) is -7.63. The average Bonchev–Trinajstić information content (AvgIpc) is 2.33. The van der Waals surface area contributed by atoms with E-state index in [2.05, 4.69) is 11.6 Å². The van der Waals surface area contributed by atoms with Crippen molar-refractivity contribution < 1.29 is 79.2 Å². The molecule has 0 aliphatic rings. The van der Waals surface area contributed by atoms with Crippen molar-refractivity contribution in [3.8, 4) is 0 Å². The molecule has 0 saturated carbocycles. The summed E-state index contributed by atoms with van der Waals surface area (Å²) < 4.78 is 208. The maximum Gasteiger partial charge on any atom is 0.445 e. The van der Waals surface area contributed by atoms with Gasteiger partial charge in [0.2, 0.25) is 0 Å². The Kier molecular flexibility index (Phi) is 6.15. The summed E-state index contributed by atoms with van der Waals surface area (Å²) >= 11 is 3.53. The highest BCUT2D eigenvalue weighted by Gasteiger charge is 2.92. The van der Waals surface area contributed by atoms with Crippen molar-refractivity contribution >= 4 is 21.7 Å². The first-order valence-corrected chi connectivity index (χ1v) is 7.03. The molecule has 0 aliphatic heterocycles. The zero-order valence-corrected chi connectivity index (χ0v) is 12.8. The molecule has 0 aromatic rings. The Balaban J connectivity index is 6.56. The van der Waals surface area contributed by atoms with Gasteiger partial charge >= 0.3 is 50.7 Å². The minimum absolute atomic E-state index is 1.57. The van der Waals surface area contributed by atoms with Crippen LogP contribution in [0.25, 0.3) is 0 Å². The van der Waals surface area contributed by atoms with E-state index in [1.807, 2.05) is 0 Å². The molecule has 4 nitrogen and oxygen atoms in total. The summed E-state index contributed by atoms with van der Waals surface area (Å²) in [6, 6.07) is 0. The summed E-state index contributed by atoms with van der Waals surface area (Å²) in [4.78, 5) is 0. The van der Waals surface area contributed by atoms with Gasteiger partial charge in [-0.25, -0.2) is 4.74 Å². The standard InChI is InChI=1S/C7HClF14O4S/c8-7(21,22)26-5(17,18)3(13,14)1(9,10)2(11,12)4(15,16)6(19,20)27(23,24)25/h(H,23,24,25). The molecule has 0 heterocycles. The minimum Gasteiger partial charge on any atom is -0.281 e. The molecule has 0 bridgehead atoms. The Labute approximate surface area is 142 Å². The number of ether oxygens (including phenoxy) is 1. The Morgan fingerprint density at radius 1 is 0.630 bits per heavy atom. The van der Waals surface area contributed by atoms with Crippen LogP contribution >= 0.6 is 11.6 Å². The first-order chi connectivity index (χ1) is 11.2. The van der Waals surface area contributed by atoms with Crippen molar-refractivity contribution in [1.29, 1.82) is 0 Å². The molecule has 0 atom stereocenters. The fourth-order valence-corrected chi connectivity index (χ4v) is 1.68. The van der Waals surface area contributed by atoms with Gasteiger partial charge in [-0.15, -0.1) is 0 Å². The van der Waals surface area contributed by atoms with Crippen LogP contribution in [0.5, 0.6) is 0 Å². The number of hydrogen-bond acceptors (Lipinski definition) is 3. The largest absolute Gasteiger partial charge is 0.445 e. The van der Waals surface area contributed by atoms with Crippen molar-refractivity contribution in [3.63, 3.8) is 0 Å². The lowest BCUT2D eigenvalue weighted by Gasteiger charge is -2.40. The Hall–Kier alpha value is -0.820. The molecule has 0 aromatic heterocycles. The molecule has 0 aromatic carbocycles. The van der Waals surface area contributed by atoms with E-state index < -0.39 is 50.7 Å². The highest BCUT2D eigenvalue weighted by atomic mass is 35.5. The van der Waals surface area contributed by atoms with Crippen LogP contribution < -0.4 is 0 Å². The average molecular weight is 483 g/mol. The van der Waals surface area contributed by atoms with E-state index in [0.29, 0.717) is 0 Å². The summed E-state index contributed by atoms with van der Waals surface area (Å²) in [5.41, 5.74) is -5.97. The third-order valence-corrected chi connectivity index (χ3v) is 3.46. The number of alkyl halides is 15.